The summed E-state index contributed by atoms with van der Waals surface area (Å²) in [5.74, 6) is 0.892. The molecule has 1 aromatic heterocycles. The minimum absolute atomic E-state index is 0.523. The van der Waals surface area contributed by atoms with Gasteiger partial charge in [0, 0.05) is 17.7 Å². The Bertz CT molecular complexity index is 431. The first-order valence-electron chi connectivity index (χ1n) is 4.65. The first kappa shape index (κ1) is 9.03. The standard InChI is InChI=1S/C12H13NO/c1-9-4-2-3-5-11(9)12-6-10(7-13)8-14-12/h2-6,8H,7,13H2,1H3. The number of aryl methyl sites for hydroxylation is 1. The lowest BCUT2D eigenvalue weighted by Gasteiger charge is -2.00. The summed E-state index contributed by atoms with van der Waals surface area (Å²) < 4.78 is 5.44. The van der Waals surface area contributed by atoms with E-state index in [1.165, 1.54) is 5.56 Å². The van der Waals surface area contributed by atoms with E-state index < -0.39 is 0 Å². The van der Waals surface area contributed by atoms with Gasteiger partial charge in [-0.05, 0) is 18.6 Å². The predicted octanol–water partition coefficient (Wildman–Crippen LogP) is 2.71. The van der Waals surface area contributed by atoms with Crippen LogP contribution < -0.4 is 5.73 Å². The van der Waals surface area contributed by atoms with Crippen LogP contribution >= 0.6 is 0 Å². The van der Waals surface area contributed by atoms with Gasteiger partial charge in [-0.15, -0.1) is 0 Å². The van der Waals surface area contributed by atoms with Crippen LogP contribution in [-0.2, 0) is 6.54 Å². The summed E-state index contributed by atoms with van der Waals surface area (Å²) in [6, 6.07) is 10.1. The maximum atomic E-state index is 5.52. The Kier molecular flexibility index (Phi) is 2.37. The van der Waals surface area contributed by atoms with Crippen molar-refractivity contribution < 1.29 is 4.42 Å². The monoisotopic (exact) mass is 187 g/mol. The number of hydrogen-bond acceptors (Lipinski definition) is 2. The summed E-state index contributed by atoms with van der Waals surface area (Å²) in [5, 5.41) is 0. The van der Waals surface area contributed by atoms with Crippen molar-refractivity contribution in [3.8, 4) is 11.3 Å². The van der Waals surface area contributed by atoms with Gasteiger partial charge in [-0.1, -0.05) is 24.3 Å². The molecule has 2 aromatic rings. The maximum absolute atomic E-state index is 5.52. The van der Waals surface area contributed by atoms with Crippen LogP contribution in [0.5, 0.6) is 0 Å². The first-order chi connectivity index (χ1) is 6.81. The smallest absolute Gasteiger partial charge is 0.134 e. The van der Waals surface area contributed by atoms with E-state index in [0.717, 1.165) is 16.9 Å². The molecule has 2 rings (SSSR count). The van der Waals surface area contributed by atoms with E-state index in [0.29, 0.717) is 6.54 Å². The zero-order chi connectivity index (χ0) is 9.97. The van der Waals surface area contributed by atoms with Crippen molar-refractivity contribution in [3.63, 3.8) is 0 Å². The average Bonchev–Trinajstić information content (AvgIpc) is 2.67. The molecular weight excluding hydrogens is 174 g/mol. The normalized spacial score (nSPS) is 10.4. The minimum Gasteiger partial charge on any atom is -0.464 e. The second kappa shape index (κ2) is 3.68. The molecule has 0 bridgehead atoms. The third-order valence-corrected chi connectivity index (χ3v) is 2.30. The lowest BCUT2D eigenvalue weighted by Crippen LogP contribution is -1.92. The largest absolute Gasteiger partial charge is 0.464 e. The molecule has 0 aliphatic heterocycles. The fourth-order valence-electron chi connectivity index (χ4n) is 1.47. The van der Waals surface area contributed by atoms with Crippen LogP contribution in [0, 0.1) is 6.92 Å². The molecule has 0 radical (unpaired) electrons. The molecule has 0 aliphatic rings. The van der Waals surface area contributed by atoms with Gasteiger partial charge < -0.3 is 10.2 Å². The van der Waals surface area contributed by atoms with Crippen LogP contribution in [-0.4, -0.2) is 0 Å². The van der Waals surface area contributed by atoms with Gasteiger partial charge in [-0.25, -0.2) is 0 Å². The maximum Gasteiger partial charge on any atom is 0.134 e. The minimum atomic E-state index is 0.523. The lowest BCUT2D eigenvalue weighted by molar-refractivity contribution is 0.578. The van der Waals surface area contributed by atoms with Crippen LogP contribution in [0.1, 0.15) is 11.1 Å². The molecule has 0 saturated carbocycles. The zero-order valence-corrected chi connectivity index (χ0v) is 8.16. The summed E-state index contributed by atoms with van der Waals surface area (Å²) >= 11 is 0. The number of benzene rings is 1. The molecule has 2 nitrogen and oxygen atoms in total. The van der Waals surface area contributed by atoms with Gasteiger partial charge in [0.05, 0.1) is 6.26 Å². The third-order valence-electron chi connectivity index (χ3n) is 2.30. The van der Waals surface area contributed by atoms with Crippen molar-refractivity contribution >= 4 is 0 Å². The zero-order valence-electron chi connectivity index (χ0n) is 8.16. The van der Waals surface area contributed by atoms with Gasteiger partial charge in [0.25, 0.3) is 0 Å². The van der Waals surface area contributed by atoms with Gasteiger partial charge >= 0.3 is 0 Å². The van der Waals surface area contributed by atoms with Crippen molar-refractivity contribution in [2.45, 2.75) is 13.5 Å². The van der Waals surface area contributed by atoms with Gasteiger partial charge in [-0.3, -0.25) is 0 Å². The molecule has 1 aromatic carbocycles. The second-order valence-corrected chi connectivity index (χ2v) is 3.34. The number of furan rings is 1. The Morgan fingerprint density at radius 1 is 1.29 bits per heavy atom. The molecule has 72 valence electrons. The summed E-state index contributed by atoms with van der Waals surface area (Å²) in [5.41, 5.74) is 8.90. The van der Waals surface area contributed by atoms with Gasteiger partial charge in [-0.2, -0.15) is 0 Å². The van der Waals surface area contributed by atoms with E-state index in [-0.39, 0.29) is 0 Å². The van der Waals surface area contributed by atoms with Crippen LogP contribution in [0.3, 0.4) is 0 Å². The Labute approximate surface area is 83.4 Å². The van der Waals surface area contributed by atoms with E-state index >= 15 is 0 Å². The van der Waals surface area contributed by atoms with Gasteiger partial charge in [0.15, 0.2) is 0 Å². The van der Waals surface area contributed by atoms with E-state index in [4.69, 9.17) is 10.2 Å². The van der Waals surface area contributed by atoms with Crippen molar-refractivity contribution in [2.24, 2.45) is 5.73 Å². The summed E-state index contributed by atoms with van der Waals surface area (Å²) in [7, 11) is 0. The molecule has 0 amide bonds. The SMILES string of the molecule is Cc1ccccc1-c1cc(CN)co1. The molecule has 1 heterocycles. The van der Waals surface area contributed by atoms with E-state index in [1.54, 1.807) is 6.26 Å². The van der Waals surface area contributed by atoms with Crippen LogP contribution in [0.4, 0.5) is 0 Å². The molecular formula is C12H13NO. The molecule has 2 N–H and O–H groups in total. The van der Waals surface area contributed by atoms with Crippen molar-refractivity contribution in [1.29, 1.82) is 0 Å². The Hall–Kier alpha value is -1.54. The molecule has 0 spiro atoms. The van der Waals surface area contributed by atoms with Gasteiger partial charge in [0.2, 0.25) is 0 Å². The number of rotatable bonds is 2. The van der Waals surface area contributed by atoms with Crippen molar-refractivity contribution in [3.05, 3.63) is 47.7 Å². The van der Waals surface area contributed by atoms with Gasteiger partial charge in [0.1, 0.15) is 5.76 Å². The molecule has 2 heteroatoms. The Morgan fingerprint density at radius 3 is 2.71 bits per heavy atom. The predicted molar refractivity (Wildman–Crippen MR) is 56.8 cm³/mol. The third kappa shape index (κ3) is 1.56. The highest BCUT2D eigenvalue weighted by atomic mass is 16.3. The molecule has 0 fully saturated rings. The number of nitrogens with two attached hydrogens (primary N) is 1. The number of hydrogen-bond donors (Lipinski definition) is 1. The van der Waals surface area contributed by atoms with Crippen molar-refractivity contribution in [1.82, 2.24) is 0 Å². The van der Waals surface area contributed by atoms with E-state index in [9.17, 15) is 0 Å². The van der Waals surface area contributed by atoms with E-state index in [2.05, 4.69) is 19.1 Å². The first-order valence-corrected chi connectivity index (χ1v) is 4.65. The molecule has 0 unspecified atom stereocenters. The fraction of sp³-hybridized carbons (Fsp3) is 0.167. The Morgan fingerprint density at radius 2 is 2.07 bits per heavy atom. The molecule has 14 heavy (non-hydrogen) atoms. The Balaban J connectivity index is 2.44. The van der Waals surface area contributed by atoms with Crippen molar-refractivity contribution in [2.75, 3.05) is 0 Å². The summed E-state index contributed by atoms with van der Waals surface area (Å²) in [6.45, 7) is 2.59. The highest BCUT2D eigenvalue weighted by Crippen LogP contribution is 2.24. The fourth-order valence-corrected chi connectivity index (χ4v) is 1.47. The topological polar surface area (TPSA) is 39.2 Å². The average molecular weight is 187 g/mol. The molecule has 0 aliphatic carbocycles. The van der Waals surface area contributed by atoms with Crippen LogP contribution in [0.2, 0.25) is 0 Å². The quantitative estimate of drug-likeness (QED) is 0.785. The van der Waals surface area contributed by atoms with Crippen LogP contribution in [0.15, 0.2) is 41.0 Å². The van der Waals surface area contributed by atoms with Crippen LogP contribution in [0.25, 0.3) is 11.3 Å². The summed E-state index contributed by atoms with van der Waals surface area (Å²) in [4.78, 5) is 0. The highest BCUT2D eigenvalue weighted by molar-refractivity contribution is 5.62. The second-order valence-electron chi connectivity index (χ2n) is 3.34. The molecule has 0 saturated heterocycles. The lowest BCUT2D eigenvalue weighted by atomic mass is 10.1. The summed E-state index contributed by atoms with van der Waals surface area (Å²) in [6.07, 6.45) is 1.71. The molecule has 0 atom stereocenters. The van der Waals surface area contributed by atoms with E-state index in [1.807, 2.05) is 18.2 Å². The highest BCUT2D eigenvalue weighted by Gasteiger charge is 2.05.